The number of aliphatic hydroxyl groups is 1. The number of rotatable bonds is 1. The van der Waals surface area contributed by atoms with E-state index in [1.54, 1.807) is 7.05 Å². The van der Waals surface area contributed by atoms with Crippen LogP contribution in [0.4, 0.5) is 8.78 Å². The third kappa shape index (κ3) is 3.03. The number of aliphatic hydroxyl groups excluding tert-OH is 1. The van der Waals surface area contributed by atoms with Crippen molar-refractivity contribution in [2.45, 2.75) is 32.2 Å². The van der Waals surface area contributed by atoms with Gasteiger partial charge in [0.25, 0.3) is 5.92 Å². The van der Waals surface area contributed by atoms with Crippen LogP contribution in [0.15, 0.2) is 0 Å². The maximum Gasteiger partial charge on any atom is 0.262 e. The smallest absolute Gasteiger partial charge is 0.262 e. The summed E-state index contributed by atoms with van der Waals surface area (Å²) >= 11 is 0. The van der Waals surface area contributed by atoms with Crippen LogP contribution in [0.2, 0.25) is 0 Å². The summed E-state index contributed by atoms with van der Waals surface area (Å²) in [6.07, 6.45) is -0.208. The molecule has 1 N–H and O–H groups in total. The van der Waals surface area contributed by atoms with E-state index in [4.69, 9.17) is 5.11 Å². The molecule has 74 valence electrons. The van der Waals surface area contributed by atoms with Gasteiger partial charge < -0.3 is 5.11 Å². The number of hydrogen-bond donors (Lipinski definition) is 1. The molecule has 1 unspecified atom stereocenters. The van der Waals surface area contributed by atoms with E-state index in [9.17, 15) is 8.78 Å². The molecule has 0 aromatic carbocycles. The van der Waals surface area contributed by atoms with Crippen molar-refractivity contribution in [1.29, 1.82) is 0 Å². The Balaban J connectivity index is 0.000000561. The van der Waals surface area contributed by atoms with Gasteiger partial charge in [-0.05, 0) is 7.05 Å². The number of halogens is 2. The van der Waals surface area contributed by atoms with Gasteiger partial charge in [-0.1, -0.05) is 13.8 Å². The van der Waals surface area contributed by atoms with Crippen LogP contribution in [0, 0.1) is 0 Å². The minimum absolute atomic E-state index is 0.175. The van der Waals surface area contributed by atoms with E-state index in [-0.39, 0.29) is 25.6 Å². The summed E-state index contributed by atoms with van der Waals surface area (Å²) in [6.45, 7) is 3.60. The molecule has 0 saturated carbocycles. The Labute approximate surface area is 72.2 Å². The number of hydrogen-bond acceptors (Lipinski definition) is 2. The third-order valence-electron chi connectivity index (χ3n) is 1.85. The zero-order valence-corrected chi connectivity index (χ0v) is 7.85. The molecule has 1 fully saturated rings. The van der Waals surface area contributed by atoms with Crippen LogP contribution in [-0.2, 0) is 0 Å². The molecule has 12 heavy (non-hydrogen) atoms. The van der Waals surface area contributed by atoms with Crippen LogP contribution in [0.3, 0.4) is 0 Å². The minimum atomic E-state index is -2.60. The van der Waals surface area contributed by atoms with Crippen LogP contribution < -0.4 is 0 Å². The highest BCUT2D eigenvalue weighted by Gasteiger charge is 2.42. The highest BCUT2D eigenvalue weighted by Crippen LogP contribution is 2.30. The van der Waals surface area contributed by atoms with Crippen LogP contribution in [-0.4, -0.2) is 42.2 Å². The Morgan fingerprint density at radius 1 is 1.50 bits per heavy atom. The Kier molecular flexibility index (Phi) is 4.63. The standard InChI is InChI=1S/C6H11F2NO.C2H6/c1-9-4-6(7,8)2-5(9)3-10;1-2/h5,10H,2-4H2,1H3;1-2H3. The quantitative estimate of drug-likeness (QED) is 0.660. The number of likely N-dealkylation sites (N-methyl/N-ethyl adjacent to an activating group) is 1. The van der Waals surface area contributed by atoms with Gasteiger partial charge >= 0.3 is 0 Å². The minimum Gasteiger partial charge on any atom is -0.395 e. The van der Waals surface area contributed by atoms with Crippen molar-refractivity contribution < 1.29 is 13.9 Å². The molecule has 0 radical (unpaired) electrons. The molecule has 1 rings (SSSR count). The molecule has 1 aliphatic rings. The topological polar surface area (TPSA) is 23.5 Å². The van der Waals surface area contributed by atoms with E-state index in [1.165, 1.54) is 4.90 Å². The molecule has 0 aromatic rings. The maximum absolute atomic E-state index is 12.5. The van der Waals surface area contributed by atoms with Gasteiger partial charge in [0.2, 0.25) is 0 Å². The first-order valence-corrected chi connectivity index (χ1v) is 4.24. The zero-order valence-electron chi connectivity index (χ0n) is 7.85. The molecule has 4 heteroatoms. The first kappa shape index (κ1) is 11.8. The summed E-state index contributed by atoms with van der Waals surface area (Å²) in [5, 5.41) is 8.59. The lowest BCUT2D eigenvalue weighted by Crippen LogP contribution is -2.28. The summed E-state index contributed by atoms with van der Waals surface area (Å²) < 4.78 is 25.0. The Morgan fingerprint density at radius 2 is 2.00 bits per heavy atom. The third-order valence-corrected chi connectivity index (χ3v) is 1.85. The molecular weight excluding hydrogens is 164 g/mol. The van der Waals surface area contributed by atoms with Gasteiger partial charge in [0.1, 0.15) is 0 Å². The summed E-state index contributed by atoms with van der Waals surface area (Å²) in [5.41, 5.74) is 0. The highest BCUT2D eigenvalue weighted by atomic mass is 19.3. The monoisotopic (exact) mass is 181 g/mol. The van der Waals surface area contributed by atoms with Crippen molar-refractivity contribution in [2.75, 3.05) is 20.2 Å². The van der Waals surface area contributed by atoms with E-state index in [1.807, 2.05) is 13.8 Å². The molecular formula is C8H17F2NO. The van der Waals surface area contributed by atoms with E-state index in [0.717, 1.165) is 0 Å². The van der Waals surface area contributed by atoms with Gasteiger partial charge in [0.15, 0.2) is 0 Å². The molecule has 2 nitrogen and oxygen atoms in total. The molecule has 0 spiro atoms. The van der Waals surface area contributed by atoms with Crippen molar-refractivity contribution in [2.24, 2.45) is 0 Å². The normalized spacial score (nSPS) is 28.0. The summed E-state index contributed by atoms with van der Waals surface area (Å²) in [6, 6.07) is -0.352. The molecule has 0 aromatic heterocycles. The van der Waals surface area contributed by atoms with E-state index in [2.05, 4.69) is 0 Å². The largest absolute Gasteiger partial charge is 0.395 e. The SMILES string of the molecule is CC.CN1CC(F)(F)CC1CO. The number of nitrogens with zero attached hydrogens (tertiary/aromatic N) is 1. The Morgan fingerprint density at radius 3 is 2.17 bits per heavy atom. The molecule has 1 aliphatic heterocycles. The molecule has 0 amide bonds. The summed E-state index contributed by atoms with van der Waals surface area (Å²) in [4.78, 5) is 1.49. The van der Waals surface area contributed by atoms with E-state index < -0.39 is 5.92 Å². The fourth-order valence-electron chi connectivity index (χ4n) is 1.26. The number of likely N-dealkylation sites (tertiary alicyclic amines) is 1. The van der Waals surface area contributed by atoms with Gasteiger partial charge in [0.05, 0.1) is 13.2 Å². The van der Waals surface area contributed by atoms with Crippen LogP contribution in [0.5, 0.6) is 0 Å². The molecule has 1 heterocycles. The van der Waals surface area contributed by atoms with Crippen molar-refractivity contribution in [1.82, 2.24) is 4.90 Å². The van der Waals surface area contributed by atoms with Gasteiger partial charge in [-0.25, -0.2) is 8.78 Å². The fourth-order valence-corrected chi connectivity index (χ4v) is 1.26. The van der Waals surface area contributed by atoms with Crippen LogP contribution in [0.25, 0.3) is 0 Å². The lowest BCUT2D eigenvalue weighted by Gasteiger charge is -2.14. The second-order valence-corrected chi connectivity index (χ2v) is 2.81. The van der Waals surface area contributed by atoms with Gasteiger partial charge in [-0.3, -0.25) is 4.90 Å². The van der Waals surface area contributed by atoms with Crippen molar-refractivity contribution >= 4 is 0 Å². The average molecular weight is 181 g/mol. The first-order chi connectivity index (χ1) is 5.55. The average Bonchev–Trinajstić information content (AvgIpc) is 2.28. The van der Waals surface area contributed by atoms with Gasteiger partial charge in [-0.2, -0.15) is 0 Å². The van der Waals surface area contributed by atoms with Crippen molar-refractivity contribution in [3.8, 4) is 0 Å². The second kappa shape index (κ2) is 4.72. The molecule has 0 aliphatic carbocycles. The van der Waals surface area contributed by atoms with Crippen LogP contribution in [0.1, 0.15) is 20.3 Å². The van der Waals surface area contributed by atoms with E-state index >= 15 is 0 Å². The fraction of sp³-hybridized carbons (Fsp3) is 1.00. The molecule has 1 atom stereocenters. The summed E-state index contributed by atoms with van der Waals surface area (Å²) in [7, 11) is 1.60. The summed E-state index contributed by atoms with van der Waals surface area (Å²) in [5.74, 6) is -2.60. The first-order valence-electron chi connectivity index (χ1n) is 4.24. The maximum atomic E-state index is 12.5. The zero-order chi connectivity index (χ0) is 9.78. The second-order valence-electron chi connectivity index (χ2n) is 2.81. The Bertz CT molecular complexity index is 130. The lowest BCUT2D eigenvalue weighted by molar-refractivity contribution is 0.0136. The number of alkyl halides is 2. The predicted molar refractivity (Wildman–Crippen MR) is 44.4 cm³/mol. The van der Waals surface area contributed by atoms with Crippen molar-refractivity contribution in [3.05, 3.63) is 0 Å². The lowest BCUT2D eigenvalue weighted by atomic mass is 10.2. The van der Waals surface area contributed by atoms with Crippen LogP contribution >= 0.6 is 0 Å². The highest BCUT2D eigenvalue weighted by molar-refractivity contribution is 4.87. The molecule has 1 saturated heterocycles. The van der Waals surface area contributed by atoms with Gasteiger partial charge in [0, 0.05) is 12.5 Å². The Hall–Kier alpha value is -0.220. The van der Waals surface area contributed by atoms with Gasteiger partial charge in [-0.15, -0.1) is 0 Å². The predicted octanol–water partition coefficient (Wildman–Crippen LogP) is 1.34. The van der Waals surface area contributed by atoms with E-state index in [0.29, 0.717) is 0 Å². The van der Waals surface area contributed by atoms with Crippen molar-refractivity contribution in [3.63, 3.8) is 0 Å². The molecule has 0 bridgehead atoms.